The first-order chi connectivity index (χ1) is 12.2. The van der Waals surface area contributed by atoms with Crippen molar-refractivity contribution in [2.75, 3.05) is 19.6 Å². The first-order valence-electron chi connectivity index (χ1n) is 9.21. The van der Waals surface area contributed by atoms with Gasteiger partial charge >= 0.3 is 0 Å². The van der Waals surface area contributed by atoms with Gasteiger partial charge in [0.2, 0.25) is 0 Å². The SMILES string of the molecule is CCNC(=NCC1(c2ccccc2)CCC1)NCCc1ncc(C)s1.I. The summed E-state index contributed by atoms with van der Waals surface area (Å²) in [5, 5.41) is 8.01. The minimum Gasteiger partial charge on any atom is -0.357 e. The monoisotopic (exact) mass is 484 g/mol. The lowest BCUT2D eigenvalue weighted by molar-refractivity contribution is 0.253. The Morgan fingerprint density at radius 3 is 2.58 bits per heavy atom. The number of rotatable bonds is 7. The van der Waals surface area contributed by atoms with E-state index in [2.05, 4.69) is 59.8 Å². The number of hydrogen-bond acceptors (Lipinski definition) is 3. The molecule has 2 aromatic rings. The van der Waals surface area contributed by atoms with Crippen LogP contribution in [0.5, 0.6) is 0 Å². The standard InChI is InChI=1S/C20H28N4S.HI/c1-3-21-19(22-13-10-18-23-14-16(2)25-18)24-15-20(11-7-12-20)17-8-5-4-6-9-17;/h4-6,8-9,14H,3,7,10-13,15H2,1-2H3,(H2,21,22,24);1H. The molecule has 1 aromatic carbocycles. The van der Waals surface area contributed by atoms with Gasteiger partial charge in [0.15, 0.2) is 5.96 Å². The van der Waals surface area contributed by atoms with E-state index in [1.807, 2.05) is 6.20 Å². The summed E-state index contributed by atoms with van der Waals surface area (Å²) in [6.45, 7) is 6.79. The van der Waals surface area contributed by atoms with E-state index in [0.29, 0.717) is 0 Å². The number of nitrogens with zero attached hydrogens (tertiary/aromatic N) is 2. The van der Waals surface area contributed by atoms with Crippen molar-refractivity contribution in [3.8, 4) is 0 Å². The predicted octanol–water partition coefficient (Wildman–Crippen LogP) is 4.29. The molecule has 0 radical (unpaired) electrons. The van der Waals surface area contributed by atoms with Crippen LogP contribution in [0.2, 0.25) is 0 Å². The Labute approximate surface area is 177 Å². The molecule has 0 saturated heterocycles. The largest absolute Gasteiger partial charge is 0.357 e. The Bertz CT molecular complexity index is 695. The van der Waals surface area contributed by atoms with E-state index in [9.17, 15) is 0 Å². The first kappa shape index (κ1) is 21.2. The lowest BCUT2D eigenvalue weighted by Gasteiger charge is -2.41. The number of aromatic nitrogens is 1. The molecule has 142 valence electrons. The van der Waals surface area contributed by atoms with Gasteiger partial charge in [-0.1, -0.05) is 36.8 Å². The van der Waals surface area contributed by atoms with Gasteiger partial charge in [-0.25, -0.2) is 4.98 Å². The molecular formula is C20H29IN4S. The van der Waals surface area contributed by atoms with Crippen LogP contribution in [0.3, 0.4) is 0 Å². The average molecular weight is 484 g/mol. The predicted molar refractivity (Wildman–Crippen MR) is 122 cm³/mol. The summed E-state index contributed by atoms with van der Waals surface area (Å²) in [7, 11) is 0. The van der Waals surface area contributed by atoms with Gasteiger partial charge < -0.3 is 10.6 Å². The fourth-order valence-electron chi connectivity index (χ4n) is 3.31. The highest BCUT2D eigenvalue weighted by Crippen LogP contribution is 2.43. The summed E-state index contributed by atoms with van der Waals surface area (Å²) in [5.74, 6) is 0.915. The molecule has 1 saturated carbocycles. The molecule has 1 aliphatic rings. The van der Waals surface area contributed by atoms with Gasteiger partial charge in [-0.3, -0.25) is 4.99 Å². The van der Waals surface area contributed by atoms with Crippen molar-refractivity contribution in [3.05, 3.63) is 52.0 Å². The van der Waals surface area contributed by atoms with E-state index in [1.54, 1.807) is 11.3 Å². The maximum atomic E-state index is 4.90. The molecule has 0 atom stereocenters. The van der Waals surface area contributed by atoms with Crippen molar-refractivity contribution < 1.29 is 0 Å². The van der Waals surface area contributed by atoms with E-state index in [4.69, 9.17) is 4.99 Å². The highest BCUT2D eigenvalue weighted by atomic mass is 127. The van der Waals surface area contributed by atoms with E-state index < -0.39 is 0 Å². The molecule has 0 amide bonds. The Morgan fingerprint density at radius 1 is 1.23 bits per heavy atom. The normalized spacial score (nSPS) is 15.7. The molecule has 0 unspecified atom stereocenters. The molecule has 1 heterocycles. The highest BCUT2D eigenvalue weighted by molar-refractivity contribution is 14.0. The van der Waals surface area contributed by atoms with Crippen LogP contribution in [0, 0.1) is 6.92 Å². The van der Waals surface area contributed by atoms with Crippen molar-refractivity contribution in [1.29, 1.82) is 0 Å². The fourth-order valence-corrected chi connectivity index (χ4v) is 4.10. The highest BCUT2D eigenvalue weighted by Gasteiger charge is 2.38. The summed E-state index contributed by atoms with van der Waals surface area (Å²) < 4.78 is 0. The first-order valence-corrected chi connectivity index (χ1v) is 10.0. The third-order valence-corrected chi connectivity index (χ3v) is 5.85. The molecule has 1 fully saturated rings. The van der Waals surface area contributed by atoms with E-state index in [0.717, 1.165) is 32.0 Å². The maximum absolute atomic E-state index is 4.90. The van der Waals surface area contributed by atoms with Crippen molar-refractivity contribution in [2.24, 2.45) is 4.99 Å². The van der Waals surface area contributed by atoms with Crippen LogP contribution < -0.4 is 10.6 Å². The summed E-state index contributed by atoms with van der Waals surface area (Å²) in [4.78, 5) is 10.6. The van der Waals surface area contributed by atoms with Gasteiger partial charge in [-0.15, -0.1) is 35.3 Å². The number of nitrogens with one attached hydrogen (secondary N) is 2. The van der Waals surface area contributed by atoms with Gasteiger partial charge in [-0.2, -0.15) is 0 Å². The lowest BCUT2D eigenvalue weighted by atomic mass is 9.64. The molecule has 26 heavy (non-hydrogen) atoms. The molecular weight excluding hydrogens is 455 g/mol. The smallest absolute Gasteiger partial charge is 0.191 e. The summed E-state index contributed by atoms with van der Waals surface area (Å²) in [6, 6.07) is 10.9. The number of benzene rings is 1. The number of thiazole rings is 1. The zero-order chi connectivity index (χ0) is 17.5. The fraction of sp³-hybridized carbons (Fsp3) is 0.500. The van der Waals surface area contributed by atoms with E-state index in [1.165, 1.54) is 34.7 Å². The second kappa shape index (κ2) is 10.3. The number of hydrogen-bond donors (Lipinski definition) is 2. The molecule has 1 aromatic heterocycles. The van der Waals surface area contributed by atoms with Crippen LogP contribution in [0.15, 0.2) is 41.5 Å². The Balaban J connectivity index is 0.00000243. The van der Waals surface area contributed by atoms with Crippen LogP contribution in [0.25, 0.3) is 0 Å². The van der Waals surface area contributed by atoms with Gasteiger partial charge in [0.1, 0.15) is 0 Å². The second-order valence-electron chi connectivity index (χ2n) is 6.74. The van der Waals surface area contributed by atoms with E-state index in [-0.39, 0.29) is 29.4 Å². The summed E-state index contributed by atoms with van der Waals surface area (Å²) in [6.07, 6.45) is 6.65. The average Bonchev–Trinajstić information content (AvgIpc) is 3.00. The number of aryl methyl sites for hydroxylation is 1. The molecule has 4 nitrogen and oxygen atoms in total. The number of halogens is 1. The van der Waals surface area contributed by atoms with Crippen LogP contribution >= 0.6 is 35.3 Å². The lowest BCUT2D eigenvalue weighted by Crippen LogP contribution is -2.42. The third kappa shape index (κ3) is 5.42. The van der Waals surface area contributed by atoms with Crippen molar-refractivity contribution in [2.45, 2.75) is 44.9 Å². The van der Waals surface area contributed by atoms with Crippen molar-refractivity contribution >= 4 is 41.3 Å². The Hall–Kier alpha value is -1.15. The van der Waals surface area contributed by atoms with Crippen molar-refractivity contribution in [1.82, 2.24) is 15.6 Å². The quantitative estimate of drug-likeness (QED) is 0.350. The molecule has 0 spiro atoms. The molecule has 6 heteroatoms. The molecule has 3 rings (SSSR count). The minimum absolute atomic E-state index is 0. The molecule has 2 N–H and O–H groups in total. The topological polar surface area (TPSA) is 49.3 Å². The Kier molecular flexibility index (Phi) is 8.34. The maximum Gasteiger partial charge on any atom is 0.191 e. The number of guanidine groups is 1. The third-order valence-electron chi connectivity index (χ3n) is 4.88. The van der Waals surface area contributed by atoms with Crippen LogP contribution in [0.4, 0.5) is 0 Å². The van der Waals surface area contributed by atoms with Gasteiger partial charge in [0.25, 0.3) is 0 Å². The van der Waals surface area contributed by atoms with Gasteiger partial charge in [0, 0.05) is 36.0 Å². The van der Waals surface area contributed by atoms with Crippen molar-refractivity contribution in [3.63, 3.8) is 0 Å². The zero-order valence-electron chi connectivity index (χ0n) is 15.6. The molecule has 0 bridgehead atoms. The minimum atomic E-state index is 0. The van der Waals surface area contributed by atoms with Crippen LogP contribution in [-0.4, -0.2) is 30.6 Å². The van der Waals surface area contributed by atoms with Gasteiger partial charge in [-0.05, 0) is 32.3 Å². The van der Waals surface area contributed by atoms with Crippen LogP contribution in [-0.2, 0) is 11.8 Å². The van der Waals surface area contributed by atoms with E-state index >= 15 is 0 Å². The second-order valence-corrected chi connectivity index (χ2v) is 8.06. The molecule has 0 aliphatic heterocycles. The summed E-state index contributed by atoms with van der Waals surface area (Å²) >= 11 is 1.77. The van der Waals surface area contributed by atoms with Gasteiger partial charge in [0.05, 0.1) is 11.6 Å². The van der Waals surface area contributed by atoms with Crippen LogP contribution in [0.1, 0.15) is 41.6 Å². The zero-order valence-corrected chi connectivity index (χ0v) is 18.8. The number of aliphatic imine (C=N–C) groups is 1. The Morgan fingerprint density at radius 2 is 2.00 bits per heavy atom. The summed E-state index contributed by atoms with van der Waals surface area (Å²) in [5.41, 5.74) is 1.66. The molecule has 1 aliphatic carbocycles.